The van der Waals surface area contributed by atoms with Gasteiger partial charge in [0.15, 0.2) is 0 Å². The largest absolute Gasteiger partial charge is 0.373 e. The Kier molecular flexibility index (Phi) is 5.00. The molecule has 1 aromatic rings. The molecule has 1 aromatic heterocycles. The fourth-order valence-electron chi connectivity index (χ4n) is 2.93. The summed E-state index contributed by atoms with van der Waals surface area (Å²) in [5, 5.41) is 0. The smallest absolute Gasteiger partial charge is 0.248 e. The molecule has 2 fully saturated rings. The van der Waals surface area contributed by atoms with Gasteiger partial charge < -0.3 is 14.4 Å². The molecular formula is C16H22N2O3S. The van der Waals surface area contributed by atoms with Gasteiger partial charge in [0.25, 0.3) is 0 Å². The molecule has 2 aliphatic rings. The normalized spacial score (nSPS) is 22.8. The van der Waals surface area contributed by atoms with E-state index < -0.39 is 0 Å². The average molecular weight is 322 g/mol. The summed E-state index contributed by atoms with van der Waals surface area (Å²) in [6, 6.07) is 3.96. The van der Waals surface area contributed by atoms with Gasteiger partial charge in [-0.3, -0.25) is 9.78 Å². The molecular weight excluding hydrogens is 300 g/mol. The van der Waals surface area contributed by atoms with Crippen molar-refractivity contribution in [2.45, 2.75) is 30.8 Å². The third-order valence-corrected chi connectivity index (χ3v) is 5.70. The Morgan fingerprint density at radius 1 is 1.55 bits per heavy atom. The predicted molar refractivity (Wildman–Crippen MR) is 85.7 cm³/mol. The maximum absolute atomic E-state index is 11.9. The van der Waals surface area contributed by atoms with Gasteiger partial charge in [-0.15, -0.1) is 11.8 Å². The van der Waals surface area contributed by atoms with Gasteiger partial charge in [0.1, 0.15) is 6.61 Å². The standard InChI is InChI=1S/C16H22N2O3S/c1-2-20-9-15(19)18-11-16(12-18)6-14(10-22-16)21-8-13-4-3-5-17-7-13/h3-5,7,14H,2,6,8-12H2,1H3. The highest BCUT2D eigenvalue weighted by atomic mass is 32.2. The number of rotatable bonds is 6. The molecule has 1 amide bonds. The lowest BCUT2D eigenvalue weighted by Crippen LogP contribution is -2.61. The van der Waals surface area contributed by atoms with Crippen LogP contribution in [0.25, 0.3) is 0 Å². The molecule has 1 unspecified atom stereocenters. The Balaban J connectivity index is 1.41. The molecule has 1 atom stereocenters. The van der Waals surface area contributed by atoms with Gasteiger partial charge in [-0.05, 0) is 25.0 Å². The van der Waals surface area contributed by atoms with E-state index >= 15 is 0 Å². The maximum atomic E-state index is 11.9. The summed E-state index contributed by atoms with van der Waals surface area (Å²) >= 11 is 1.94. The second kappa shape index (κ2) is 6.98. The van der Waals surface area contributed by atoms with Crippen LogP contribution in [0.4, 0.5) is 0 Å². The summed E-state index contributed by atoms with van der Waals surface area (Å²) in [6.45, 7) is 4.97. The summed E-state index contributed by atoms with van der Waals surface area (Å²) < 4.78 is 11.4. The number of aromatic nitrogens is 1. The van der Waals surface area contributed by atoms with E-state index in [-0.39, 0.29) is 23.4 Å². The number of hydrogen-bond donors (Lipinski definition) is 0. The minimum atomic E-state index is 0.104. The van der Waals surface area contributed by atoms with E-state index in [1.54, 1.807) is 6.20 Å². The summed E-state index contributed by atoms with van der Waals surface area (Å²) in [7, 11) is 0. The van der Waals surface area contributed by atoms with Gasteiger partial charge in [0.05, 0.1) is 17.5 Å². The number of pyridine rings is 1. The molecule has 0 saturated carbocycles. The third-order valence-electron chi connectivity index (χ3n) is 4.12. The van der Waals surface area contributed by atoms with Crippen LogP contribution in [0, 0.1) is 0 Å². The van der Waals surface area contributed by atoms with Gasteiger partial charge in [-0.2, -0.15) is 0 Å². The summed E-state index contributed by atoms with van der Waals surface area (Å²) in [5.41, 5.74) is 1.11. The van der Waals surface area contributed by atoms with Crippen LogP contribution < -0.4 is 0 Å². The van der Waals surface area contributed by atoms with E-state index in [0.717, 1.165) is 30.8 Å². The van der Waals surface area contributed by atoms with Crippen LogP contribution in [0.1, 0.15) is 18.9 Å². The molecule has 2 aliphatic heterocycles. The summed E-state index contributed by atoms with van der Waals surface area (Å²) in [4.78, 5) is 17.9. The van der Waals surface area contributed by atoms with Gasteiger partial charge in [-0.1, -0.05) is 6.07 Å². The van der Waals surface area contributed by atoms with Crippen LogP contribution >= 0.6 is 11.8 Å². The van der Waals surface area contributed by atoms with Gasteiger partial charge in [0.2, 0.25) is 5.91 Å². The fourth-order valence-corrected chi connectivity index (χ4v) is 4.49. The zero-order chi connectivity index (χ0) is 15.4. The molecule has 6 heteroatoms. The molecule has 0 N–H and O–H groups in total. The molecule has 0 bridgehead atoms. The number of hydrogen-bond acceptors (Lipinski definition) is 5. The molecule has 1 spiro atoms. The third kappa shape index (κ3) is 3.62. The highest BCUT2D eigenvalue weighted by molar-refractivity contribution is 8.01. The Bertz CT molecular complexity index is 505. The molecule has 2 saturated heterocycles. The molecule has 0 aliphatic carbocycles. The van der Waals surface area contributed by atoms with Crippen molar-refractivity contribution in [3.8, 4) is 0 Å². The van der Waals surface area contributed by atoms with Crippen LogP contribution in [0.15, 0.2) is 24.5 Å². The fraction of sp³-hybridized carbons (Fsp3) is 0.625. The monoisotopic (exact) mass is 322 g/mol. The maximum Gasteiger partial charge on any atom is 0.248 e. The minimum Gasteiger partial charge on any atom is -0.373 e. The number of carbonyl (C=O) groups excluding carboxylic acids is 1. The molecule has 0 radical (unpaired) electrons. The highest BCUT2D eigenvalue weighted by Gasteiger charge is 2.50. The van der Waals surface area contributed by atoms with E-state index in [1.165, 1.54) is 0 Å². The van der Waals surface area contributed by atoms with Crippen LogP contribution in [0.3, 0.4) is 0 Å². The topological polar surface area (TPSA) is 51.7 Å². The lowest BCUT2D eigenvalue weighted by molar-refractivity contribution is -0.141. The number of carbonyl (C=O) groups is 1. The van der Waals surface area contributed by atoms with Crippen molar-refractivity contribution >= 4 is 17.7 Å². The van der Waals surface area contributed by atoms with Crippen molar-refractivity contribution in [3.05, 3.63) is 30.1 Å². The average Bonchev–Trinajstić information content (AvgIpc) is 2.95. The Morgan fingerprint density at radius 3 is 3.14 bits per heavy atom. The first-order valence-corrected chi connectivity index (χ1v) is 8.69. The van der Waals surface area contributed by atoms with Crippen molar-refractivity contribution in [2.75, 3.05) is 32.1 Å². The zero-order valence-corrected chi connectivity index (χ0v) is 13.7. The van der Waals surface area contributed by atoms with E-state index in [0.29, 0.717) is 13.2 Å². The first-order valence-electron chi connectivity index (χ1n) is 7.71. The second-order valence-electron chi connectivity index (χ2n) is 5.88. The first kappa shape index (κ1) is 15.8. The summed E-state index contributed by atoms with van der Waals surface area (Å²) in [6.07, 6.45) is 4.91. The van der Waals surface area contributed by atoms with Crippen molar-refractivity contribution in [1.29, 1.82) is 0 Å². The molecule has 3 rings (SSSR count). The van der Waals surface area contributed by atoms with Crippen molar-refractivity contribution < 1.29 is 14.3 Å². The van der Waals surface area contributed by atoms with Crippen molar-refractivity contribution in [2.24, 2.45) is 0 Å². The van der Waals surface area contributed by atoms with Crippen LogP contribution in [0.2, 0.25) is 0 Å². The summed E-state index contributed by atoms with van der Waals surface area (Å²) in [5.74, 6) is 1.11. The van der Waals surface area contributed by atoms with Gasteiger partial charge in [0, 0.05) is 37.8 Å². The minimum absolute atomic E-state index is 0.104. The molecule has 0 aromatic carbocycles. The molecule has 120 valence electrons. The Hall–Kier alpha value is -1.11. The SMILES string of the molecule is CCOCC(=O)N1CC2(CC(OCc3cccnc3)CS2)C1. The quantitative estimate of drug-likeness (QED) is 0.798. The first-order chi connectivity index (χ1) is 10.7. The predicted octanol–water partition coefficient (Wildman–Crippen LogP) is 1.72. The van der Waals surface area contributed by atoms with E-state index in [4.69, 9.17) is 9.47 Å². The number of likely N-dealkylation sites (tertiary alicyclic amines) is 1. The van der Waals surface area contributed by atoms with Crippen molar-refractivity contribution in [3.63, 3.8) is 0 Å². The molecule has 3 heterocycles. The Morgan fingerprint density at radius 2 is 2.41 bits per heavy atom. The van der Waals surface area contributed by atoms with Crippen molar-refractivity contribution in [1.82, 2.24) is 9.88 Å². The van der Waals surface area contributed by atoms with Crippen LogP contribution in [-0.2, 0) is 20.9 Å². The zero-order valence-electron chi connectivity index (χ0n) is 12.9. The van der Waals surface area contributed by atoms with Crippen LogP contribution in [0.5, 0.6) is 0 Å². The van der Waals surface area contributed by atoms with E-state index in [2.05, 4.69) is 4.98 Å². The second-order valence-corrected chi connectivity index (χ2v) is 7.37. The number of amides is 1. The number of nitrogens with zero attached hydrogens (tertiary/aromatic N) is 2. The Labute approximate surface area is 135 Å². The highest BCUT2D eigenvalue weighted by Crippen LogP contribution is 2.46. The number of thioether (sulfide) groups is 1. The lowest BCUT2D eigenvalue weighted by atomic mass is 9.93. The van der Waals surface area contributed by atoms with E-state index in [9.17, 15) is 4.79 Å². The molecule has 5 nitrogen and oxygen atoms in total. The van der Waals surface area contributed by atoms with Gasteiger partial charge in [-0.25, -0.2) is 0 Å². The lowest BCUT2D eigenvalue weighted by Gasteiger charge is -2.47. The molecule has 22 heavy (non-hydrogen) atoms. The van der Waals surface area contributed by atoms with E-state index in [1.807, 2.05) is 41.9 Å². The van der Waals surface area contributed by atoms with Gasteiger partial charge >= 0.3 is 0 Å². The van der Waals surface area contributed by atoms with Crippen LogP contribution in [-0.4, -0.2) is 58.7 Å². The number of ether oxygens (including phenoxy) is 2.